The lowest BCUT2D eigenvalue weighted by atomic mass is 9.88. The molecule has 2 saturated heterocycles. The standard InChI is InChI=1S/C27H33N3O5/c1-34-22-9-5-20(6-10-22)25(31)28-24(27(33)29-15-3-4-16-29)19-13-17-30(18-14-19)26(32)21-7-11-23(35-2)12-8-21/h5-12,19,24H,3-4,13-18H2,1-2H3,(H,28,31)/t24-/m0/s1. The van der Waals surface area contributed by atoms with E-state index in [0.717, 1.165) is 25.9 Å². The molecule has 35 heavy (non-hydrogen) atoms. The van der Waals surface area contributed by atoms with Gasteiger partial charge in [0, 0.05) is 37.3 Å². The van der Waals surface area contributed by atoms with Gasteiger partial charge in [0.1, 0.15) is 17.5 Å². The van der Waals surface area contributed by atoms with Crippen LogP contribution in [0.15, 0.2) is 48.5 Å². The van der Waals surface area contributed by atoms with E-state index in [1.165, 1.54) is 0 Å². The number of piperidine rings is 1. The first-order valence-electron chi connectivity index (χ1n) is 12.2. The summed E-state index contributed by atoms with van der Waals surface area (Å²) in [6.07, 6.45) is 3.27. The SMILES string of the molecule is COc1ccc(C(=O)N[C@H](C(=O)N2CCCC2)C2CCN(C(=O)c3ccc(OC)cc3)CC2)cc1. The van der Waals surface area contributed by atoms with E-state index in [4.69, 9.17) is 9.47 Å². The molecule has 2 aliphatic heterocycles. The van der Waals surface area contributed by atoms with Crippen molar-refractivity contribution in [1.29, 1.82) is 0 Å². The second kappa shape index (κ2) is 11.3. The average molecular weight is 480 g/mol. The molecule has 0 radical (unpaired) electrons. The second-order valence-electron chi connectivity index (χ2n) is 9.07. The number of likely N-dealkylation sites (tertiary alicyclic amines) is 2. The third kappa shape index (κ3) is 5.75. The van der Waals surface area contributed by atoms with Crippen LogP contribution in [0.4, 0.5) is 0 Å². The van der Waals surface area contributed by atoms with Crippen LogP contribution in [0, 0.1) is 5.92 Å². The smallest absolute Gasteiger partial charge is 0.253 e. The third-order valence-corrected chi connectivity index (χ3v) is 6.96. The highest BCUT2D eigenvalue weighted by Crippen LogP contribution is 2.25. The Kier molecular flexibility index (Phi) is 7.90. The van der Waals surface area contributed by atoms with E-state index in [1.807, 2.05) is 9.80 Å². The van der Waals surface area contributed by atoms with Crippen LogP contribution < -0.4 is 14.8 Å². The number of nitrogens with zero attached hydrogens (tertiary/aromatic N) is 2. The Bertz CT molecular complexity index is 1020. The predicted molar refractivity (Wildman–Crippen MR) is 132 cm³/mol. The minimum absolute atomic E-state index is 0.0238. The minimum Gasteiger partial charge on any atom is -0.497 e. The van der Waals surface area contributed by atoms with Crippen LogP contribution in [0.1, 0.15) is 46.4 Å². The van der Waals surface area contributed by atoms with Crippen LogP contribution in [0.2, 0.25) is 0 Å². The predicted octanol–water partition coefficient (Wildman–Crippen LogP) is 2.98. The van der Waals surface area contributed by atoms with Crippen LogP contribution in [0.5, 0.6) is 11.5 Å². The number of hydrogen-bond acceptors (Lipinski definition) is 5. The van der Waals surface area contributed by atoms with Gasteiger partial charge in [0.25, 0.3) is 11.8 Å². The van der Waals surface area contributed by atoms with E-state index in [-0.39, 0.29) is 23.6 Å². The fourth-order valence-corrected chi connectivity index (χ4v) is 4.83. The number of carbonyl (C=O) groups is 3. The van der Waals surface area contributed by atoms with E-state index >= 15 is 0 Å². The molecule has 0 aromatic heterocycles. The van der Waals surface area contributed by atoms with Crippen molar-refractivity contribution < 1.29 is 23.9 Å². The molecule has 2 heterocycles. The first-order chi connectivity index (χ1) is 17.0. The van der Waals surface area contributed by atoms with E-state index in [1.54, 1.807) is 62.8 Å². The van der Waals surface area contributed by atoms with Crippen molar-refractivity contribution in [3.63, 3.8) is 0 Å². The topological polar surface area (TPSA) is 88.2 Å². The molecule has 4 rings (SSSR count). The van der Waals surface area contributed by atoms with Gasteiger partial charge < -0.3 is 24.6 Å². The molecule has 1 atom stereocenters. The molecule has 0 bridgehead atoms. The lowest BCUT2D eigenvalue weighted by Gasteiger charge is -2.37. The highest BCUT2D eigenvalue weighted by Gasteiger charge is 2.37. The Labute approximate surface area is 206 Å². The normalized spacial score (nSPS) is 17.1. The van der Waals surface area contributed by atoms with Crippen molar-refractivity contribution in [1.82, 2.24) is 15.1 Å². The first kappa shape index (κ1) is 24.6. The van der Waals surface area contributed by atoms with E-state index in [0.29, 0.717) is 48.6 Å². The number of carbonyl (C=O) groups excluding carboxylic acids is 3. The number of nitrogens with one attached hydrogen (secondary N) is 1. The largest absolute Gasteiger partial charge is 0.497 e. The molecule has 186 valence electrons. The number of hydrogen-bond donors (Lipinski definition) is 1. The van der Waals surface area contributed by atoms with Crippen LogP contribution in [0.3, 0.4) is 0 Å². The van der Waals surface area contributed by atoms with Gasteiger partial charge in [-0.25, -0.2) is 0 Å². The monoisotopic (exact) mass is 479 g/mol. The van der Waals surface area contributed by atoms with E-state index in [2.05, 4.69) is 5.32 Å². The molecule has 0 aliphatic carbocycles. The molecule has 8 nitrogen and oxygen atoms in total. The quantitative estimate of drug-likeness (QED) is 0.660. The van der Waals surface area contributed by atoms with E-state index in [9.17, 15) is 14.4 Å². The number of ether oxygens (including phenoxy) is 2. The van der Waals surface area contributed by atoms with Crippen LogP contribution >= 0.6 is 0 Å². The molecule has 2 fully saturated rings. The summed E-state index contributed by atoms with van der Waals surface area (Å²) in [5.41, 5.74) is 1.10. The van der Waals surface area contributed by atoms with Crippen LogP contribution in [-0.4, -0.2) is 74.0 Å². The van der Waals surface area contributed by atoms with Crippen molar-refractivity contribution in [3.05, 3.63) is 59.7 Å². The van der Waals surface area contributed by atoms with Gasteiger partial charge in [-0.05, 0) is 80.1 Å². The van der Waals surface area contributed by atoms with Gasteiger partial charge in [-0.3, -0.25) is 14.4 Å². The molecular formula is C27H33N3O5. The summed E-state index contributed by atoms with van der Waals surface area (Å²) >= 11 is 0. The van der Waals surface area contributed by atoms with Crippen LogP contribution in [-0.2, 0) is 4.79 Å². The Balaban J connectivity index is 1.43. The zero-order chi connectivity index (χ0) is 24.8. The summed E-state index contributed by atoms with van der Waals surface area (Å²) in [6.45, 7) is 2.53. The molecule has 2 aromatic carbocycles. The highest BCUT2D eigenvalue weighted by molar-refractivity contribution is 5.98. The van der Waals surface area contributed by atoms with Crippen molar-refractivity contribution >= 4 is 17.7 Å². The minimum atomic E-state index is -0.610. The maximum Gasteiger partial charge on any atom is 0.253 e. The number of benzene rings is 2. The molecule has 1 N–H and O–H groups in total. The van der Waals surface area contributed by atoms with Crippen molar-refractivity contribution in [2.45, 2.75) is 31.7 Å². The number of methoxy groups -OCH3 is 2. The summed E-state index contributed by atoms with van der Waals surface area (Å²) in [6, 6.07) is 13.3. The summed E-state index contributed by atoms with van der Waals surface area (Å²) in [5, 5.41) is 3.02. The average Bonchev–Trinajstić information content (AvgIpc) is 3.46. The van der Waals surface area contributed by atoms with Gasteiger partial charge in [-0.15, -0.1) is 0 Å². The Hall–Kier alpha value is -3.55. The van der Waals surface area contributed by atoms with Crippen molar-refractivity contribution in [2.75, 3.05) is 40.4 Å². The molecule has 0 unspecified atom stereocenters. The fraction of sp³-hybridized carbons (Fsp3) is 0.444. The van der Waals surface area contributed by atoms with E-state index < -0.39 is 6.04 Å². The summed E-state index contributed by atoms with van der Waals surface area (Å²) in [7, 11) is 3.17. The summed E-state index contributed by atoms with van der Waals surface area (Å²) in [5.74, 6) is 1.00. The lowest BCUT2D eigenvalue weighted by Crippen LogP contribution is -2.54. The van der Waals surface area contributed by atoms with Gasteiger partial charge in [-0.1, -0.05) is 0 Å². The maximum atomic E-state index is 13.4. The van der Waals surface area contributed by atoms with Crippen molar-refractivity contribution in [3.8, 4) is 11.5 Å². The van der Waals surface area contributed by atoms with Gasteiger partial charge in [0.15, 0.2) is 0 Å². The molecule has 2 aromatic rings. The zero-order valence-electron chi connectivity index (χ0n) is 20.4. The van der Waals surface area contributed by atoms with Gasteiger partial charge in [-0.2, -0.15) is 0 Å². The Morgan fingerprint density at radius 2 is 1.29 bits per heavy atom. The third-order valence-electron chi connectivity index (χ3n) is 6.96. The molecule has 0 spiro atoms. The fourth-order valence-electron chi connectivity index (χ4n) is 4.83. The zero-order valence-corrected chi connectivity index (χ0v) is 20.4. The molecule has 3 amide bonds. The second-order valence-corrected chi connectivity index (χ2v) is 9.07. The van der Waals surface area contributed by atoms with Gasteiger partial charge in [0.2, 0.25) is 5.91 Å². The number of rotatable bonds is 7. The summed E-state index contributed by atoms with van der Waals surface area (Å²) < 4.78 is 10.3. The molecule has 0 saturated carbocycles. The highest BCUT2D eigenvalue weighted by atomic mass is 16.5. The molecular weight excluding hydrogens is 446 g/mol. The van der Waals surface area contributed by atoms with Crippen LogP contribution in [0.25, 0.3) is 0 Å². The molecule has 8 heteroatoms. The maximum absolute atomic E-state index is 13.4. The number of amides is 3. The van der Waals surface area contributed by atoms with Gasteiger partial charge >= 0.3 is 0 Å². The Morgan fingerprint density at radius 3 is 1.80 bits per heavy atom. The Morgan fingerprint density at radius 1 is 0.771 bits per heavy atom. The lowest BCUT2D eigenvalue weighted by molar-refractivity contribution is -0.134. The van der Waals surface area contributed by atoms with Crippen molar-refractivity contribution in [2.24, 2.45) is 5.92 Å². The van der Waals surface area contributed by atoms with Gasteiger partial charge in [0.05, 0.1) is 14.2 Å². The molecule has 2 aliphatic rings. The first-order valence-corrected chi connectivity index (χ1v) is 12.2. The summed E-state index contributed by atoms with van der Waals surface area (Å²) in [4.78, 5) is 43.1.